The molecule has 0 aliphatic carbocycles. The van der Waals surface area contributed by atoms with Gasteiger partial charge in [-0.25, -0.2) is 13.1 Å². The highest BCUT2D eigenvalue weighted by Crippen LogP contribution is 2.06. The van der Waals surface area contributed by atoms with E-state index in [0.717, 1.165) is 5.56 Å². The number of nitrogens with one attached hydrogen (secondary N) is 1. The Morgan fingerprint density at radius 3 is 2.17 bits per heavy atom. The summed E-state index contributed by atoms with van der Waals surface area (Å²) in [5, 5.41) is 8.15. The van der Waals surface area contributed by atoms with Crippen molar-refractivity contribution in [3.63, 3.8) is 0 Å². The Hall–Kier alpha value is -1.40. The lowest BCUT2D eigenvalue weighted by atomic mass is 10.1. The molecule has 0 radical (unpaired) electrons. The minimum atomic E-state index is -3.27. The lowest BCUT2D eigenvalue weighted by molar-refractivity contribution is -0.136. The molecule has 100 valence electrons. The van der Waals surface area contributed by atoms with Crippen molar-refractivity contribution < 1.29 is 18.3 Å². The maximum absolute atomic E-state index is 11.5. The highest BCUT2D eigenvalue weighted by Gasteiger charge is 2.14. The number of carboxylic acid groups (broad SMARTS) is 1. The standard InChI is InChI=1S/C12H17NO4S/c1-9(2)18(16,17)13-8-11-5-3-10(4-6-11)7-12(14)15/h3-6,9,13H,7-8H2,1-2H3,(H,14,15). The second-order valence-electron chi connectivity index (χ2n) is 4.30. The van der Waals surface area contributed by atoms with Gasteiger partial charge in [-0.05, 0) is 25.0 Å². The monoisotopic (exact) mass is 271 g/mol. The van der Waals surface area contributed by atoms with Gasteiger partial charge in [0.25, 0.3) is 0 Å². The second kappa shape index (κ2) is 5.97. The van der Waals surface area contributed by atoms with Gasteiger partial charge in [0.2, 0.25) is 10.0 Å². The second-order valence-corrected chi connectivity index (χ2v) is 6.62. The first-order valence-electron chi connectivity index (χ1n) is 5.59. The van der Waals surface area contributed by atoms with Crippen molar-refractivity contribution in [2.24, 2.45) is 0 Å². The number of benzene rings is 1. The molecule has 0 saturated carbocycles. The van der Waals surface area contributed by atoms with Gasteiger partial charge in [0.15, 0.2) is 0 Å². The molecule has 1 aromatic rings. The maximum Gasteiger partial charge on any atom is 0.307 e. The van der Waals surface area contributed by atoms with Crippen LogP contribution in [0.3, 0.4) is 0 Å². The van der Waals surface area contributed by atoms with Crippen LogP contribution in [0.4, 0.5) is 0 Å². The SMILES string of the molecule is CC(C)S(=O)(=O)NCc1ccc(CC(=O)O)cc1. The van der Waals surface area contributed by atoms with E-state index in [1.807, 2.05) is 0 Å². The molecule has 0 aliphatic heterocycles. The highest BCUT2D eigenvalue weighted by molar-refractivity contribution is 7.90. The Balaban J connectivity index is 2.62. The summed E-state index contributed by atoms with van der Waals surface area (Å²) in [6.45, 7) is 3.43. The zero-order valence-corrected chi connectivity index (χ0v) is 11.2. The quantitative estimate of drug-likeness (QED) is 0.812. The van der Waals surface area contributed by atoms with Crippen LogP contribution in [0.5, 0.6) is 0 Å². The largest absolute Gasteiger partial charge is 0.481 e. The average molecular weight is 271 g/mol. The van der Waals surface area contributed by atoms with Crippen LogP contribution in [0, 0.1) is 0 Å². The summed E-state index contributed by atoms with van der Waals surface area (Å²) in [5.74, 6) is -0.886. The first-order chi connectivity index (χ1) is 8.31. The fourth-order valence-corrected chi connectivity index (χ4v) is 2.00. The van der Waals surface area contributed by atoms with Crippen LogP contribution in [0.25, 0.3) is 0 Å². The Morgan fingerprint density at radius 1 is 1.22 bits per heavy atom. The summed E-state index contributed by atoms with van der Waals surface area (Å²) in [6.07, 6.45) is -0.0298. The van der Waals surface area contributed by atoms with Crippen LogP contribution in [-0.4, -0.2) is 24.7 Å². The Bertz CT molecular complexity index is 505. The number of sulfonamides is 1. The first kappa shape index (κ1) is 14.7. The summed E-state index contributed by atoms with van der Waals surface area (Å²) >= 11 is 0. The molecule has 0 fully saturated rings. The van der Waals surface area contributed by atoms with Crippen LogP contribution < -0.4 is 4.72 Å². The third-order valence-corrected chi connectivity index (χ3v) is 4.26. The van der Waals surface area contributed by atoms with Crippen molar-refractivity contribution in [1.82, 2.24) is 4.72 Å². The lowest BCUT2D eigenvalue weighted by Crippen LogP contribution is -2.30. The summed E-state index contributed by atoms with van der Waals surface area (Å²) < 4.78 is 25.5. The fourth-order valence-electron chi connectivity index (χ4n) is 1.30. The van der Waals surface area contributed by atoms with Crippen molar-refractivity contribution in [3.05, 3.63) is 35.4 Å². The van der Waals surface area contributed by atoms with E-state index in [0.29, 0.717) is 5.56 Å². The Morgan fingerprint density at radius 2 is 1.72 bits per heavy atom. The normalized spacial score (nSPS) is 11.7. The third-order valence-electron chi connectivity index (χ3n) is 2.48. The predicted octanol–water partition coefficient (Wildman–Crippen LogP) is 1.14. The lowest BCUT2D eigenvalue weighted by Gasteiger charge is -2.09. The van der Waals surface area contributed by atoms with Gasteiger partial charge in [0.05, 0.1) is 11.7 Å². The molecule has 0 atom stereocenters. The van der Waals surface area contributed by atoms with Gasteiger partial charge in [-0.2, -0.15) is 0 Å². The van der Waals surface area contributed by atoms with Gasteiger partial charge >= 0.3 is 5.97 Å². The number of hydrogen-bond acceptors (Lipinski definition) is 3. The third kappa shape index (κ3) is 4.46. The number of carboxylic acids is 1. The minimum absolute atomic E-state index is 0.0298. The highest BCUT2D eigenvalue weighted by atomic mass is 32.2. The molecule has 18 heavy (non-hydrogen) atoms. The molecule has 0 heterocycles. The van der Waals surface area contributed by atoms with Gasteiger partial charge in [-0.3, -0.25) is 4.79 Å². The summed E-state index contributed by atoms with van der Waals surface area (Å²) in [5.41, 5.74) is 1.49. The molecule has 0 saturated heterocycles. The topological polar surface area (TPSA) is 83.5 Å². The molecule has 6 heteroatoms. The molecule has 1 rings (SSSR count). The molecule has 0 spiro atoms. The first-order valence-corrected chi connectivity index (χ1v) is 7.14. The zero-order chi connectivity index (χ0) is 13.8. The van der Waals surface area contributed by atoms with Crippen molar-refractivity contribution >= 4 is 16.0 Å². The van der Waals surface area contributed by atoms with Gasteiger partial charge in [-0.15, -0.1) is 0 Å². The van der Waals surface area contributed by atoms with Gasteiger partial charge in [0, 0.05) is 6.54 Å². The van der Waals surface area contributed by atoms with Gasteiger partial charge in [0.1, 0.15) is 0 Å². The number of rotatable bonds is 6. The molecule has 0 bridgehead atoms. The number of aliphatic carboxylic acids is 1. The minimum Gasteiger partial charge on any atom is -0.481 e. The van der Waals surface area contributed by atoms with Crippen molar-refractivity contribution in [2.45, 2.75) is 32.1 Å². The van der Waals surface area contributed by atoms with Crippen LogP contribution >= 0.6 is 0 Å². The number of carbonyl (C=O) groups is 1. The van der Waals surface area contributed by atoms with Crippen LogP contribution in [-0.2, 0) is 27.8 Å². The predicted molar refractivity (Wildman–Crippen MR) is 68.7 cm³/mol. The van der Waals surface area contributed by atoms with Crippen molar-refractivity contribution in [2.75, 3.05) is 0 Å². The Kier molecular flexibility index (Phi) is 4.86. The fraction of sp³-hybridized carbons (Fsp3) is 0.417. The number of hydrogen-bond donors (Lipinski definition) is 2. The molecular weight excluding hydrogens is 254 g/mol. The van der Waals surface area contributed by atoms with Crippen LogP contribution in [0.15, 0.2) is 24.3 Å². The molecule has 0 unspecified atom stereocenters. The molecular formula is C12H17NO4S. The van der Waals surface area contributed by atoms with Crippen molar-refractivity contribution in [1.29, 1.82) is 0 Å². The smallest absolute Gasteiger partial charge is 0.307 e. The summed E-state index contributed by atoms with van der Waals surface area (Å²) in [4.78, 5) is 10.5. The summed E-state index contributed by atoms with van der Waals surface area (Å²) in [7, 11) is -3.27. The molecule has 1 aromatic carbocycles. The molecule has 5 nitrogen and oxygen atoms in total. The average Bonchev–Trinajstić information content (AvgIpc) is 2.27. The molecule has 0 aliphatic rings. The van der Waals surface area contributed by atoms with E-state index in [1.165, 1.54) is 0 Å². The van der Waals surface area contributed by atoms with E-state index in [9.17, 15) is 13.2 Å². The van der Waals surface area contributed by atoms with E-state index in [4.69, 9.17) is 5.11 Å². The van der Waals surface area contributed by atoms with E-state index < -0.39 is 21.2 Å². The molecule has 0 aromatic heterocycles. The van der Waals surface area contributed by atoms with Crippen LogP contribution in [0.1, 0.15) is 25.0 Å². The van der Waals surface area contributed by atoms with E-state index >= 15 is 0 Å². The molecule has 0 amide bonds. The van der Waals surface area contributed by atoms with Crippen LogP contribution in [0.2, 0.25) is 0 Å². The molecule has 2 N–H and O–H groups in total. The Labute approximate surface area is 107 Å². The van der Waals surface area contributed by atoms with E-state index in [1.54, 1.807) is 38.1 Å². The maximum atomic E-state index is 11.5. The van der Waals surface area contributed by atoms with Crippen molar-refractivity contribution in [3.8, 4) is 0 Å². The summed E-state index contributed by atoms with van der Waals surface area (Å²) in [6, 6.07) is 6.82. The van der Waals surface area contributed by atoms with E-state index in [-0.39, 0.29) is 13.0 Å². The zero-order valence-electron chi connectivity index (χ0n) is 10.4. The van der Waals surface area contributed by atoms with Gasteiger partial charge in [-0.1, -0.05) is 24.3 Å². The van der Waals surface area contributed by atoms with E-state index in [2.05, 4.69) is 4.72 Å². The van der Waals surface area contributed by atoms with Gasteiger partial charge < -0.3 is 5.11 Å².